The first-order chi connectivity index (χ1) is 10.8. The number of aromatic nitrogens is 1. The van der Waals surface area contributed by atoms with Crippen LogP contribution in [0.25, 0.3) is 0 Å². The summed E-state index contributed by atoms with van der Waals surface area (Å²) in [6.07, 6.45) is 5.25. The molecule has 1 saturated carbocycles. The smallest absolute Gasteiger partial charge is 0.359 e. The van der Waals surface area contributed by atoms with Crippen LogP contribution in [0.4, 0.5) is 11.5 Å². The van der Waals surface area contributed by atoms with Gasteiger partial charge >= 0.3 is 5.82 Å². The standard InChI is InChI=1S/C12H16BrIN3O3P.CH4S/c1-12(2,20-21-14)7-16(9-3-4-9)10-5-8(13)6-15-11(10)17(18)19;1-2/h5-6,9,21H,3-4,7H2,1-2H3;2H,1H3. The number of rotatable bonds is 7. The number of hydrogen-bond donors (Lipinski definition) is 1. The van der Waals surface area contributed by atoms with Crippen molar-refractivity contribution in [2.24, 2.45) is 0 Å². The van der Waals surface area contributed by atoms with E-state index in [-0.39, 0.29) is 11.4 Å². The van der Waals surface area contributed by atoms with E-state index in [2.05, 4.69) is 60.5 Å². The maximum Gasteiger partial charge on any atom is 0.387 e. The summed E-state index contributed by atoms with van der Waals surface area (Å²) >= 11 is 9.07. The molecular formula is C13H20BrIN3O3PS. The Balaban J connectivity index is 0.00000127. The summed E-state index contributed by atoms with van der Waals surface area (Å²) in [5, 5.41) is 11.2. The summed E-state index contributed by atoms with van der Waals surface area (Å²) in [5.74, 6) is -0.0992. The highest BCUT2D eigenvalue weighted by Crippen LogP contribution is 2.40. The van der Waals surface area contributed by atoms with Gasteiger partial charge in [-0.15, -0.1) is 0 Å². The molecule has 0 aromatic carbocycles. The largest absolute Gasteiger partial charge is 0.387 e. The van der Waals surface area contributed by atoms with E-state index in [0.29, 0.717) is 24.7 Å². The van der Waals surface area contributed by atoms with Crippen molar-refractivity contribution >= 4 is 68.6 Å². The SMILES string of the molecule is CC(C)(CN(c1cc(Br)cnc1[N+](=O)[O-])C1CC1)OPI.CS. The van der Waals surface area contributed by atoms with Crippen LogP contribution in [0.1, 0.15) is 26.7 Å². The quantitative estimate of drug-likeness (QED) is 0.175. The highest BCUT2D eigenvalue weighted by molar-refractivity contribution is 14.2. The number of nitro groups is 1. The van der Waals surface area contributed by atoms with Crippen LogP contribution in [0.15, 0.2) is 16.7 Å². The molecule has 1 aliphatic rings. The topological polar surface area (TPSA) is 68.5 Å². The number of nitrogens with zero attached hydrogens (tertiary/aromatic N) is 3. The Labute approximate surface area is 165 Å². The predicted octanol–water partition coefficient (Wildman–Crippen LogP) is 5.01. The molecule has 0 saturated heterocycles. The minimum absolute atomic E-state index is 0.0992. The highest BCUT2D eigenvalue weighted by atomic mass is 127. The van der Waals surface area contributed by atoms with E-state index in [1.807, 2.05) is 13.8 Å². The van der Waals surface area contributed by atoms with Crippen LogP contribution < -0.4 is 4.90 Å². The van der Waals surface area contributed by atoms with Crippen molar-refractivity contribution in [1.82, 2.24) is 4.98 Å². The average Bonchev–Trinajstić information content (AvgIpc) is 3.31. The van der Waals surface area contributed by atoms with Gasteiger partial charge in [-0.1, -0.05) is 0 Å². The first-order valence-corrected chi connectivity index (χ1v) is 12.6. The van der Waals surface area contributed by atoms with Gasteiger partial charge in [-0.2, -0.15) is 12.6 Å². The molecule has 130 valence electrons. The molecule has 0 radical (unpaired) electrons. The molecule has 1 atom stereocenters. The van der Waals surface area contributed by atoms with Gasteiger partial charge in [0.2, 0.25) is 0 Å². The lowest BCUT2D eigenvalue weighted by Gasteiger charge is -2.33. The zero-order chi connectivity index (χ0) is 17.6. The molecule has 0 amide bonds. The van der Waals surface area contributed by atoms with Gasteiger partial charge in [-0.05, 0) is 86.9 Å². The molecule has 0 aliphatic heterocycles. The van der Waals surface area contributed by atoms with E-state index in [9.17, 15) is 10.1 Å². The second-order valence-electron chi connectivity index (χ2n) is 5.55. The molecule has 1 unspecified atom stereocenters. The Morgan fingerprint density at radius 3 is 2.70 bits per heavy atom. The zero-order valence-corrected chi connectivity index (χ0v) is 18.8. The Morgan fingerprint density at radius 2 is 2.22 bits per heavy atom. The molecule has 10 heteroatoms. The van der Waals surface area contributed by atoms with Gasteiger partial charge in [0.05, 0.1) is 16.5 Å². The predicted molar refractivity (Wildman–Crippen MR) is 111 cm³/mol. The van der Waals surface area contributed by atoms with E-state index in [4.69, 9.17) is 4.52 Å². The van der Waals surface area contributed by atoms with Crippen molar-refractivity contribution < 1.29 is 9.45 Å². The van der Waals surface area contributed by atoms with Gasteiger partial charge < -0.3 is 19.5 Å². The van der Waals surface area contributed by atoms with Crippen molar-refractivity contribution in [2.75, 3.05) is 17.7 Å². The zero-order valence-electron chi connectivity index (χ0n) is 13.1. The third-order valence-electron chi connectivity index (χ3n) is 3.15. The van der Waals surface area contributed by atoms with E-state index in [1.54, 1.807) is 12.3 Å². The van der Waals surface area contributed by atoms with Crippen molar-refractivity contribution in [3.63, 3.8) is 0 Å². The van der Waals surface area contributed by atoms with Crippen molar-refractivity contribution in [3.8, 4) is 0 Å². The fourth-order valence-electron chi connectivity index (χ4n) is 2.12. The second-order valence-corrected chi connectivity index (χ2v) is 8.15. The van der Waals surface area contributed by atoms with E-state index >= 15 is 0 Å². The second kappa shape index (κ2) is 9.70. The van der Waals surface area contributed by atoms with Gasteiger partial charge in [0.1, 0.15) is 5.69 Å². The lowest BCUT2D eigenvalue weighted by atomic mass is 10.1. The van der Waals surface area contributed by atoms with Crippen molar-refractivity contribution in [3.05, 3.63) is 26.9 Å². The van der Waals surface area contributed by atoms with Gasteiger partial charge in [0.15, 0.2) is 6.20 Å². The average molecular weight is 536 g/mol. The van der Waals surface area contributed by atoms with Gasteiger partial charge in [-0.3, -0.25) is 0 Å². The molecule has 1 aliphatic carbocycles. The molecule has 1 aromatic rings. The third-order valence-corrected chi connectivity index (χ3v) is 4.87. The number of pyridine rings is 1. The monoisotopic (exact) mass is 535 g/mol. The Hall–Kier alpha value is 0.300. The number of hydrogen-bond acceptors (Lipinski definition) is 6. The summed E-state index contributed by atoms with van der Waals surface area (Å²) < 4.78 is 6.50. The Kier molecular flexibility index (Phi) is 9.00. The van der Waals surface area contributed by atoms with E-state index in [0.717, 1.165) is 17.3 Å². The number of anilines is 1. The molecule has 0 N–H and O–H groups in total. The van der Waals surface area contributed by atoms with Crippen molar-refractivity contribution in [1.29, 1.82) is 0 Å². The summed E-state index contributed by atoms with van der Waals surface area (Å²) in [6, 6.07) is 2.10. The summed E-state index contributed by atoms with van der Waals surface area (Å²) in [5.41, 5.74) is 0.198. The lowest BCUT2D eigenvalue weighted by molar-refractivity contribution is -0.388. The number of thiol groups is 1. The fraction of sp³-hybridized carbons (Fsp3) is 0.615. The van der Waals surface area contributed by atoms with Crippen LogP contribution in [0.2, 0.25) is 0 Å². The summed E-state index contributed by atoms with van der Waals surface area (Å²) in [7, 11) is 0. The van der Waals surface area contributed by atoms with Crippen molar-refractivity contribution in [2.45, 2.75) is 38.3 Å². The third kappa shape index (κ3) is 6.61. The molecule has 1 heterocycles. The van der Waals surface area contributed by atoms with Gasteiger partial charge in [-0.25, -0.2) is 0 Å². The Bertz CT molecular complexity index is 549. The molecule has 0 spiro atoms. The Morgan fingerprint density at radius 1 is 1.61 bits per heavy atom. The minimum atomic E-state index is -0.426. The lowest BCUT2D eigenvalue weighted by Crippen LogP contribution is -2.41. The molecule has 0 bridgehead atoms. The molecule has 6 nitrogen and oxygen atoms in total. The first kappa shape index (κ1) is 21.3. The van der Waals surface area contributed by atoms with Gasteiger partial charge in [0, 0.05) is 12.6 Å². The first-order valence-electron chi connectivity index (χ1n) is 6.89. The molecule has 23 heavy (non-hydrogen) atoms. The van der Waals surface area contributed by atoms with E-state index in [1.165, 1.54) is 6.20 Å². The van der Waals surface area contributed by atoms with Crippen LogP contribution >= 0.6 is 57.0 Å². The molecular weight excluding hydrogens is 516 g/mol. The van der Waals surface area contributed by atoms with Crippen LogP contribution in [-0.4, -0.2) is 34.4 Å². The van der Waals surface area contributed by atoms with E-state index < -0.39 is 4.92 Å². The summed E-state index contributed by atoms with van der Waals surface area (Å²) in [6.45, 7) is 4.97. The van der Waals surface area contributed by atoms with Crippen LogP contribution in [0.5, 0.6) is 0 Å². The minimum Gasteiger partial charge on any atom is -0.359 e. The number of halogens is 2. The summed E-state index contributed by atoms with van der Waals surface area (Å²) in [4.78, 5) is 16.8. The maximum atomic E-state index is 11.2. The maximum absolute atomic E-state index is 11.2. The molecule has 1 aromatic heterocycles. The molecule has 1 fully saturated rings. The normalized spacial score (nSPS) is 14.5. The fourth-order valence-corrected chi connectivity index (χ4v) is 4.50. The van der Waals surface area contributed by atoms with Crippen LogP contribution in [0.3, 0.4) is 0 Å². The van der Waals surface area contributed by atoms with Gasteiger partial charge in [0.25, 0.3) is 0 Å². The molecule has 2 rings (SSSR count). The highest BCUT2D eigenvalue weighted by Gasteiger charge is 2.37. The van der Waals surface area contributed by atoms with Crippen LogP contribution in [0, 0.1) is 10.1 Å². The van der Waals surface area contributed by atoms with Crippen LogP contribution in [-0.2, 0) is 4.52 Å².